The van der Waals surface area contributed by atoms with Crippen molar-refractivity contribution in [2.45, 2.75) is 57.5 Å². The summed E-state index contributed by atoms with van der Waals surface area (Å²) in [5.74, 6) is 1.72. The Balaban J connectivity index is 1.13. The first-order chi connectivity index (χ1) is 13.8. The molecule has 0 atom stereocenters. The molecule has 0 unspecified atom stereocenters. The smallest absolute Gasteiger partial charge is 0.267 e. The van der Waals surface area contributed by atoms with Crippen LogP contribution in [0.5, 0.6) is 0 Å². The molecule has 1 aliphatic heterocycles. The van der Waals surface area contributed by atoms with Crippen LogP contribution >= 0.6 is 0 Å². The van der Waals surface area contributed by atoms with E-state index in [1.807, 2.05) is 12.3 Å². The van der Waals surface area contributed by atoms with Crippen molar-refractivity contribution in [3.8, 4) is 0 Å². The number of piperazine rings is 1. The van der Waals surface area contributed by atoms with Crippen molar-refractivity contribution < 1.29 is 4.52 Å². The maximum absolute atomic E-state index is 12.3. The monoisotopic (exact) mass is 383 g/mol. The van der Waals surface area contributed by atoms with Crippen molar-refractivity contribution in [2.24, 2.45) is 0 Å². The summed E-state index contributed by atoms with van der Waals surface area (Å²) in [4.78, 5) is 17.3. The van der Waals surface area contributed by atoms with Gasteiger partial charge in [0.15, 0.2) is 0 Å². The number of aromatic nitrogens is 3. The third-order valence-corrected chi connectivity index (χ3v) is 6.39. The summed E-state index contributed by atoms with van der Waals surface area (Å²) in [5, 5.41) is 8.66. The highest BCUT2D eigenvalue weighted by atomic mass is 16.5. The van der Waals surface area contributed by atoms with Crippen molar-refractivity contribution in [2.75, 3.05) is 32.7 Å². The number of fused-ring (bicyclic) bond motifs is 1. The quantitative estimate of drug-likeness (QED) is 0.758. The van der Waals surface area contributed by atoms with Gasteiger partial charge in [-0.15, -0.1) is 0 Å². The summed E-state index contributed by atoms with van der Waals surface area (Å²) in [6.07, 6.45) is 8.77. The van der Waals surface area contributed by atoms with Gasteiger partial charge in [0.2, 0.25) is 0 Å². The Hall–Kier alpha value is -1.99. The summed E-state index contributed by atoms with van der Waals surface area (Å²) < 4.78 is 7.14. The minimum atomic E-state index is 0.0550. The largest absolute Gasteiger partial charge is 0.361 e. The number of rotatable bonds is 6. The molecule has 2 aromatic heterocycles. The standard InChI is InChI=1S/C21H29N5O2/c27-20-13-17-3-1-2-4-19(17)23-26(20)12-11-24-7-9-25(10-8-24)15-18-14-22-28-21(18)16-5-6-16/h13-14,16H,1-12,15H2. The highest BCUT2D eigenvalue weighted by molar-refractivity contribution is 5.22. The lowest BCUT2D eigenvalue weighted by atomic mass is 9.97. The Kier molecular flexibility index (Phi) is 5.03. The average Bonchev–Trinajstić information content (AvgIpc) is 3.46. The zero-order valence-electron chi connectivity index (χ0n) is 16.5. The van der Waals surface area contributed by atoms with E-state index in [1.54, 1.807) is 4.68 Å². The van der Waals surface area contributed by atoms with Crippen molar-refractivity contribution in [1.82, 2.24) is 24.7 Å². The van der Waals surface area contributed by atoms with Gasteiger partial charge in [-0.3, -0.25) is 14.6 Å². The van der Waals surface area contributed by atoms with E-state index in [2.05, 4.69) is 20.1 Å². The Labute approximate surface area is 165 Å². The van der Waals surface area contributed by atoms with E-state index >= 15 is 0 Å². The molecule has 5 rings (SSSR count). The first kappa shape index (κ1) is 18.1. The Morgan fingerprint density at radius 1 is 1.04 bits per heavy atom. The maximum Gasteiger partial charge on any atom is 0.267 e. The molecule has 0 radical (unpaired) electrons. The summed E-state index contributed by atoms with van der Waals surface area (Å²) in [6.45, 7) is 6.66. The molecule has 0 bridgehead atoms. The van der Waals surface area contributed by atoms with Gasteiger partial charge < -0.3 is 4.52 Å². The fraction of sp³-hybridized carbons (Fsp3) is 0.667. The lowest BCUT2D eigenvalue weighted by Gasteiger charge is -2.34. The van der Waals surface area contributed by atoms with Crippen LogP contribution in [0.3, 0.4) is 0 Å². The number of aryl methyl sites for hydroxylation is 2. The molecule has 7 nitrogen and oxygen atoms in total. The van der Waals surface area contributed by atoms with Gasteiger partial charge in [-0.1, -0.05) is 5.16 Å². The molecular formula is C21H29N5O2. The fourth-order valence-electron chi connectivity index (χ4n) is 4.48. The highest BCUT2D eigenvalue weighted by Gasteiger charge is 2.31. The number of nitrogens with zero attached hydrogens (tertiary/aromatic N) is 5. The third kappa shape index (κ3) is 3.91. The van der Waals surface area contributed by atoms with Crippen LogP contribution in [0.25, 0.3) is 0 Å². The SMILES string of the molecule is O=c1cc2c(nn1CCN1CCN(Cc3cnoc3C3CC3)CC1)CCCC2. The minimum Gasteiger partial charge on any atom is -0.361 e. The van der Waals surface area contributed by atoms with Gasteiger partial charge in [0.05, 0.1) is 18.4 Å². The van der Waals surface area contributed by atoms with Crippen molar-refractivity contribution in [3.05, 3.63) is 45.2 Å². The molecule has 0 amide bonds. The molecule has 2 aliphatic carbocycles. The second-order valence-electron chi connectivity index (χ2n) is 8.49. The van der Waals surface area contributed by atoms with Crippen LogP contribution in [-0.4, -0.2) is 57.5 Å². The molecule has 0 aromatic carbocycles. The summed E-state index contributed by atoms with van der Waals surface area (Å²) in [7, 11) is 0. The van der Waals surface area contributed by atoms with E-state index in [1.165, 1.54) is 36.8 Å². The molecule has 7 heteroatoms. The first-order valence-electron chi connectivity index (χ1n) is 10.7. The molecule has 150 valence electrons. The van der Waals surface area contributed by atoms with Gasteiger partial charge in [-0.05, 0) is 44.1 Å². The van der Waals surface area contributed by atoms with Crippen LogP contribution in [0, 0.1) is 0 Å². The predicted octanol–water partition coefficient (Wildman–Crippen LogP) is 1.81. The molecule has 0 spiro atoms. The summed E-state index contributed by atoms with van der Waals surface area (Å²) >= 11 is 0. The molecule has 3 aliphatic rings. The van der Waals surface area contributed by atoms with Crippen molar-refractivity contribution >= 4 is 0 Å². The van der Waals surface area contributed by atoms with E-state index in [0.29, 0.717) is 12.5 Å². The molecule has 1 saturated carbocycles. The van der Waals surface area contributed by atoms with Crippen LogP contribution in [0.4, 0.5) is 0 Å². The van der Waals surface area contributed by atoms with Gasteiger partial charge in [0.1, 0.15) is 5.76 Å². The average molecular weight is 383 g/mol. The summed E-state index contributed by atoms with van der Waals surface area (Å²) in [6, 6.07) is 1.82. The second-order valence-corrected chi connectivity index (χ2v) is 8.49. The van der Waals surface area contributed by atoms with E-state index < -0.39 is 0 Å². The second kappa shape index (κ2) is 7.79. The van der Waals surface area contributed by atoms with Crippen LogP contribution < -0.4 is 5.56 Å². The molecule has 0 N–H and O–H groups in total. The maximum atomic E-state index is 12.3. The van der Waals surface area contributed by atoms with Crippen LogP contribution in [0.2, 0.25) is 0 Å². The molecule has 28 heavy (non-hydrogen) atoms. The first-order valence-corrected chi connectivity index (χ1v) is 10.7. The normalized spacial score (nSPS) is 21.0. The Morgan fingerprint density at radius 2 is 1.82 bits per heavy atom. The molecule has 2 fully saturated rings. The van der Waals surface area contributed by atoms with E-state index in [4.69, 9.17) is 4.52 Å². The van der Waals surface area contributed by atoms with Crippen LogP contribution in [-0.2, 0) is 25.9 Å². The van der Waals surface area contributed by atoms with Gasteiger partial charge in [-0.25, -0.2) is 4.68 Å². The highest BCUT2D eigenvalue weighted by Crippen LogP contribution is 2.41. The summed E-state index contributed by atoms with van der Waals surface area (Å²) in [5.41, 5.74) is 3.62. The Morgan fingerprint density at radius 3 is 2.64 bits per heavy atom. The predicted molar refractivity (Wildman–Crippen MR) is 105 cm³/mol. The minimum absolute atomic E-state index is 0.0550. The van der Waals surface area contributed by atoms with Gasteiger partial charge in [0.25, 0.3) is 5.56 Å². The zero-order valence-corrected chi connectivity index (χ0v) is 16.5. The molecule has 3 heterocycles. The molecule has 1 saturated heterocycles. The third-order valence-electron chi connectivity index (χ3n) is 6.39. The molecule has 2 aromatic rings. The van der Waals surface area contributed by atoms with E-state index in [9.17, 15) is 4.79 Å². The van der Waals surface area contributed by atoms with Gasteiger partial charge in [-0.2, -0.15) is 5.10 Å². The van der Waals surface area contributed by atoms with E-state index in [-0.39, 0.29) is 5.56 Å². The van der Waals surface area contributed by atoms with Crippen LogP contribution in [0.1, 0.15) is 54.2 Å². The lowest BCUT2D eigenvalue weighted by molar-refractivity contribution is 0.122. The van der Waals surface area contributed by atoms with Gasteiger partial charge >= 0.3 is 0 Å². The molecular weight excluding hydrogens is 354 g/mol. The lowest BCUT2D eigenvalue weighted by Crippen LogP contribution is -2.47. The van der Waals surface area contributed by atoms with Crippen molar-refractivity contribution in [1.29, 1.82) is 0 Å². The number of hydrogen-bond donors (Lipinski definition) is 0. The van der Waals surface area contributed by atoms with E-state index in [0.717, 1.165) is 63.6 Å². The zero-order chi connectivity index (χ0) is 18.9. The van der Waals surface area contributed by atoms with Crippen LogP contribution in [0.15, 0.2) is 21.6 Å². The fourth-order valence-corrected chi connectivity index (χ4v) is 4.48. The van der Waals surface area contributed by atoms with Crippen molar-refractivity contribution in [3.63, 3.8) is 0 Å². The number of hydrogen-bond acceptors (Lipinski definition) is 6. The Bertz CT molecular complexity index is 877. The topological polar surface area (TPSA) is 67.4 Å². The van der Waals surface area contributed by atoms with Gasteiger partial charge in [0, 0.05) is 56.8 Å².